The van der Waals surface area contributed by atoms with Crippen LogP contribution in [0, 0.1) is 0 Å². The Bertz CT molecular complexity index is 887. The highest BCUT2D eigenvalue weighted by molar-refractivity contribution is 7.80. The summed E-state index contributed by atoms with van der Waals surface area (Å²) >= 11 is 4.79. The van der Waals surface area contributed by atoms with Gasteiger partial charge in [-0.2, -0.15) is 0 Å². The molecule has 2 N–H and O–H groups in total. The van der Waals surface area contributed by atoms with E-state index in [1.54, 1.807) is 18.2 Å². The highest BCUT2D eigenvalue weighted by Gasteiger charge is 2.25. The zero-order chi connectivity index (χ0) is 19.2. The number of thiocarbonyl (C=S) groups is 1. The molecule has 0 radical (unpaired) electrons. The van der Waals surface area contributed by atoms with Crippen molar-refractivity contribution in [3.05, 3.63) is 65.2 Å². The van der Waals surface area contributed by atoms with Crippen LogP contribution in [0.25, 0.3) is 6.08 Å². The number of hydrogen-bond acceptors (Lipinski definition) is 5. The molecule has 2 amide bonds. The molecule has 0 aromatic heterocycles. The first kappa shape index (κ1) is 18.6. The molecule has 138 valence electrons. The Morgan fingerprint density at radius 1 is 0.963 bits per heavy atom. The number of benzene rings is 2. The Balaban J connectivity index is 1.82. The molecule has 2 aromatic carbocycles. The Labute approximate surface area is 162 Å². The summed E-state index contributed by atoms with van der Waals surface area (Å²) in [6.07, 6.45) is 1.48. The van der Waals surface area contributed by atoms with Crippen molar-refractivity contribution in [1.29, 1.82) is 0 Å². The fourth-order valence-electron chi connectivity index (χ4n) is 2.51. The zero-order valence-electron chi connectivity index (χ0n) is 14.7. The van der Waals surface area contributed by atoms with Gasteiger partial charge in [0.1, 0.15) is 12.2 Å². The van der Waals surface area contributed by atoms with Crippen LogP contribution >= 0.6 is 12.2 Å². The SMILES string of the molecule is CCOc1cc(C=C2C(=O)NC(=S)NC2=O)ccc1OCc1ccccc1. The second kappa shape index (κ2) is 8.46. The molecule has 1 fully saturated rings. The summed E-state index contributed by atoms with van der Waals surface area (Å²) in [6.45, 7) is 2.73. The van der Waals surface area contributed by atoms with E-state index in [1.165, 1.54) is 6.08 Å². The molecule has 6 nitrogen and oxygen atoms in total. The van der Waals surface area contributed by atoms with E-state index in [-0.39, 0.29) is 10.7 Å². The van der Waals surface area contributed by atoms with E-state index in [4.69, 9.17) is 21.7 Å². The number of rotatable bonds is 6. The minimum absolute atomic E-state index is 0.00168. The number of ether oxygens (including phenoxy) is 2. The fourth-order valence-corrected chi connectivity index (χ4v) is 2.70. The molecular weight excluding hydrogens is 364 g/mol. The quantitative estimate of drug-likeness (QED) is 0.456. The van der Waals surface area contributed by atoms with Gasteiger partial charge in [-0.25, -0.2) is 0 Å². The highest BCUT2D eigenvalue weighted by Crippen LogP contribution is 2.30. The molecule has 7 heteroatoms. The van der Waals surface area contributed by atoms with Crippen molar-refractivity contribution in [2.24, 2.45) is 0 Å². The van der Waals surface area contributed by atoms with Crippen molar-refractivity contribution in [3.8, 4) is 11.5 Å². The maximum absolute atomic E-state index is 12.0. The average Bonchev–Trinajstić information content (AvgIpc) is 2.65. The van der Waals surface area contributed by atoms with Gasteiger partial charge in [0.05, 0.1) is 6.61 Å². The molecule has 0 unspecified atom stereocenters. The lowest BCUT2D eigenvalue weighted by atomic mass is 10.1. The van der Waals surface area contributed by atoms with Crippen molar-refractivity contribution in [2.75, 3.05) is 6.61 Å². The monoisotopic (exact) mass is 382 g/mol. The largest absolute Gasteiger partial charge is 0.490 e. The van der Waals surface area contributed by atoms with E-state index in [0.717, 1.165) is 5.56 Å². The predicted octanol–water partition coefficient (Wildman–Crippen LogP) is 2.58. The van der Waals surface area contributed by atoms with Crippen LogP contribution in [0.5, 0.6) is 11.5 Å². The Kier molecular flexibility index (Phi) is 5.83. The van der Waals surface area contributed by atoms with Crippen LogP contribution in [-0.2, 0) is 16.2 Å². The fraction of sp³-hybridized carbons (Fsp3) is 0.150. The molecule has 1 aliphatic heterocycles. The van der Waals surface area contributed by atoms with Gasteiger partial charge in [0.15, 0.2) is 16.6 Å². The van der Waals surface area contributed by atoms with Gasteiger partial charge in [0, 0.05) is 0 Å². The van der Waals surface area contributed by atoms with Crippen LogP contribution in [0.2, 0.25) is 0 Å². The van der Waals surface area contributed by atoms with E-state index in [9.17, 15) is 9.59 Å². The van der Waals surface area contributed by atoms with E-state index in [0.29, 0.717) is 30.3 Å². The number of nitrogens with one attached hydrogen (secondary N) is 2. The molecule has 0 bridgehead atoms. The van der Waals surface area contributed by atoms with E-state index in [2.05, 4.69) is 10.6 Å². The second-order valence-corrected chi connectivity index (χ2v) is 6.12. The van der Waals surface area contributed by atoms with Crippen molar-refractivity contribution in [3.63, 3.8) is 0 Å². The summed E-state index contributed by atoms with van der Waals surface area (Å²) in [4.78, 5) is 23.9. The number of amides is 2. The van der Waals surface area contributed by atoms with Crippen molar-refractivity contribution in [2.45, 2.75) is 13.5 Å². The maximum Gasteiger partial charge on any atom is 0.263 e. The molecule has 1 heterocycles. The van der Waals surface area contributed by atoms with Crippen molar-refractivity contribution in [1.82, 2.24) is 10.6 Å². The highest BCUT2D eigenvalue weighted by atomic mass is 32.1. The van der Waals surface area contributed by atoms with E-state index in [1.807, 2.05) is 37.3 Å². The third-order valence-electron chi connectivity index (χ3n) is 3.76. The molecule has 1 saturated heterocycles. The van der Waals surface area contributed by atoms with E-state index < -0.39 is 11.8 Å². The predicted molar refractivity (Wildman–Crippen MR) is 105 cm³/mol. The van der Waals surface area contributed by atoms with Crippen LogP contribution in [0.4, 0.5) is 0 Å². The topological polar surface area (TPSA) is 76.7 Å². The lowest BCUT2D eigenvalue weighted by Crippen LogP contribution is -2.51. The Hall–Kier alpha value is -3.19. The molecule has 1 aliphatic rings. The van der Waals surface area contributed by atoms with Crippen molar-refractivity contribution >= 4 is 35.2 Å². The summed E-state index contributed by atoms with van der Waals surface area (Å²) in [5, 5.41) is 4.81. The summed E-state index contributed by atoms with van der Waals surface area (Å²) in [5.74, 6) is 0.0498. The van der Waals surface area contributed by atoms with Gasteiger partial charge in [-0.15, -0.1) is 0 Å². The minimum Gasteiger partial charge on any atom is -0.490 e. The molecule has 0 atom stereocenters. The van der Waals surface area contributed by atoms with Crippen LogP contribution in [0.15, 0.2) is 54.1 Å². The average molecular weight is 382 g/mol. The summed E-state index contributed by atoms with van der Waals surface area (Å²) < 4.78 is 11.5. The van der Waals surface area contributed by atoms with Crippen LogP contribution in [0.3, 0.4) is 0 Å². The first-order valence-electron chi connectivity index (χ1n) is 8.38. The lowest BCUT2D eigenvalue weighted by molar-refractivity contribution is -0.123. The Morgan fingerprint density at radius 2 is 1.67 bits per heavy atom. The maximum atomic E-state index is 12.0. The first-order chi connectivity index (χ1) is 13.1. The summed E-state index contributed by atoms with van der Waals surface area (Å²) in [7, 11) is 0. The zero-order valence-corrected chi connectivity index (χ0v) is 15.5. The molecule has 0 saturated carbocycles. The van der Waals surface area contributed by atoms with Gasteiger partial charge >= 0.3 is 0 Å². The summed E-state index contributed by atoms with van der Waals surface area (Å²) in [6, 6.07) is 15.0. The smallest absolute Gasteiger partial charge is 0.263 e. The third kappa shape index (κ3) is 4.71. The minimum atomic E-state index is -0.536. The molecular formula is C20H18N2O4S. The standard InChI is InChI=1S/C20H18N2O4S/c1-2-25-17-11-14(10-15-18(23)21-20(27)22-19(15)24)8-9-16(17)26-12-13-6-4-3-5-7-13/h3-11H,2,12H2,1H3,(H2,21,22,23,24,27). The molecule has 0 spiro atoms. The second-order valence-electron chi connectivity index (χ2n) is 5.71. The number of carbonyl (C=O) groups is 2. The molecule has 0 aliphatic carbocycles. The number of hydrogen-bond donors (Lipinski definition) is 2. The molecule has 27 heavy (non-hydrogen) atoms. The van der Waals surface area contributed by atoms with Gasteiger partial charge < -0.3 is 9.47 Å². The van der Waals surface area contributed by atoms with Gasteiger partial charge in [-0.1, -0.05) is 36.4 Å². The van der Waals surface area contributed by atoms with Gasteiger partial charge in [0.25, 0.3) is 11.8 Å². The van der Waals surface area contributed by atoms with Crippen molar-refractivity contribution < 1.29 is 19.1 Å². The van der Waals surface area contributed by atoms with Crippen LogP contribution in [0.1, 0.15) is 18.1 Å². The number of carbonyl (C=O) groups excluding carboxylic acids is 2. The summed E-state index contributed by atoms with van der Waals surface area (Å²) in [5.41, 5.74) is 1.65. The molecule has 3 rings (SSSR count). The van der Waals surface area contributed by atoms with Gasteiger partial charge in [0.2, 0.25) is 0 Å². The normalized spacial score (nSPS) is 13.7. The van der Waals surface area contributed by atoms with E-state index >= 15 is 0 Å². The van der Waals surface area contributed by atoms with Gasteiger partial charge in [-0.3, -0.25) is 20.2 Å². The Morgan fingerprint density at radius 3 is 2.33 bits per heavy atom. The first-order valence-corrected chi connectivity index (χ1v) is 8.79. The molecule has 2 aromatic rings. The van der Waals surface area contributed by atoms with Crippen LogP contribution in [-0.4, -0.2) is 23.5 Å². The van der Waals surface area contributed by atoms with Crippen LogP contribution < -0.4 is 20.1 Å². The lowest BCUT2D eigenvalue weighted by Gasteiger charge is -2.17. The third-order valence-corrected chi connectivity index (χ3v) is 3.96. The van der Waals surface area contributed by atoms with Gasteiger partial charge in [-0.05, 0) is 48.5 Å².